The standard InChI is InChI=1S/C15H19ClN2S/c1-2-18(11-14-4-3-7-19-14)10-13-6-5-12(9-17)8-15(13)16/h3-8H,2,9-11,17H2,1H3. The Morgan fingerprint density at radius 2 is 2.11 bits per heavy atom. The highest BCUT2D eigenvalue weighted by molar-refractivity contribution is 7.09. The number of nitrogens with zero attached hydrogens (tertiary/aromatic N) is 1. The van der Waals surface area contributed by atoms with Crippen molar-refractivity contribution in [3.8, 4) is 0 Å². The van der Waals surface area contributed by atoms with Crippen molar-refractivity contribution in [1.82, 2.24) is 4.90 Å². The smallest absolute Gasteiger partial charge is 0.0454 e. The van der Waals surface area contributed by atoms with E-state index in [-0.39, 0.29) is 0 Å². The van der Waals surface area contributed by atoms with Crippen LogP contribution >= 0.6 is 22.9 Å². The topological polar surface area (TPSA) is 29.3 Å². The molecule has 2 nitrogen and oxygen atoms in total. The molecule has 2 aromatic rings. The summed E-state index contributed by atoms with van der Waals surface area (Å²) in [5, 5.41) is 2.93. The SMILES string of the molecule is CCN(Cc1cccs1)Cc1ccc(CN)cc1Cl. The van der Waals surface area contributed by atoms with Crippen molar-refractivity contribution in [2.45, 2.75) is 26.6 Å². The van der Waals surface area contributed by atoms with E-state index in [0.717, 1.165) is 35.8 Å². The van der Waals surface area contributed by atoms with E-state index in [1.807, 2.05) is 6.07 Å². The predicted molar refractivity (Wildman–Crippen MR) is 83.5 cm³/mol. The summed E-state index contributed by atoms with van der Waals surface area (Å²) < 4.78 is 0. The summed E-state index contributed by atoms with van der Waals surface area (Å²) >= 11 is 8.11. The summed E-state index contributed by atoms with van der Waals surface area (Å²) in [6.07, 6.45) is 0. The maximum absolute atomic E-state index is 6.31. The molecule has 0 amide bonds. The Hall–Kier alpha value is -0.870. The van der Waals surface area contributed by atoms with Crippen LogP contribution in [0.3, 0.4) is 0 Å². The fourth-order valence-electron chi connectivity index (χ4n) is 1.99. The fourth-order valence-corrected chi connectivity index (χ4v) is 3.00. The lowest BCUT2D eigenvalue weighted by molar-refractivity contribution is 0.274. The largest absolute Gasteiger partial charge is 0.326 e. The van der Waals surface area contributed by atoms with Crippen LogP contribution in [0, 0.1) is 0 Å². The molecule has 1 heterocycles. The minimum Gasteiger partial charge on any atom is -0.326 e. The monoisotopic (exact) mass is 294 g/mol. The maximum atomic E-state index is 6.31. The number of halogens is 1. The van der Waals surface area contributed by atoms with Crippen LogP contribution in [0.2, 0.25) is 5.02 Å². The van der Waals surface area contributed by atoms with Crippen LogP contribution in [-0.2, 0) is 19.6 Å². The summed E-state index contributed by atoms with van der Waals surface area (Å²) in [7, 11) is 0. The second-order valence-corrected chi connectivity index (χ2v) is 5.95. The first-order chi connectivity index (χ1) is 9.22. The molecule has 1 aromatic heterocycles. The van der Waals surface area contributed by atoms with E-state index in [0.29, 0.717) is 6.54 Å². The van der Waals surface area contributed by atoms with E-state index in [9.17, 15) is 0 Å². The van der Waals surface area contributed by atoms with E-state index in [1.54, 1.807) is 11.3 Å². The Morgan fingerprint density at radius 1 is 1.26 bits per heavy atom. The normalized spacial score (nSPS) is 11.2. The third kappa shape index (κ3) is 4.05. The van der Waals surface area contributed by atoms with Crippen molar-refractivity contribution in [2.75, 3.05) is 6.54 Å². The molecule has 4 heteroatoms. The molecule has 0 spiro atoms. The van der Waals surface area contributed by atoms with E-state index in [1.165, 1.54) is 4.88 Å². The minimum atomic E-state index is 0.534. The molecule has 0 atom stereocenters. The van der Waals surface area contributed by atoms with E-state index < -0.39 is 0 Å². The van der Waals surface area contributed by atoms with Gasteiger partial charge in [-0.05, 0) is 35.2 Å². The summed E-state index contributed by atoms with van der Waals surface area (Å²) in [6.45, 7) is 5.57. The highest BCUT2D eigenvalue weighted by Gasteiger charge is 2.08. The van der Waals surface area contributed by atoms with Gasteiger partial charge in [0.25, 0.3) is 0 Å². The van der Waals surface area contributed by atoms with Crippen LogP contribution in [0.4, 0.5) is 0 Å². The van der Waals surface area contributed by atoms with Crippen molar-refractivity contribution in [2.24, 2.45) is 5.73 Å². The van der Waals surface area contributed by atoms with Crippen LogP contribution < -0.4 is 5.73 Å². The predicted octanol–water partition coefficient (Wildman–Crippen LogP) is 3.88. The highest BCUT2D eigenvalue weighted by Crippen LogP contribution is 2.21. The van der Waals surface area contributed by atoms with Gasteiger partial charge >= 0.3 is 0 Å². The van der Waals surface area contributed by atoms with Gasteiger partial charge in [-0.3, -0.25) is 4.90 Å². The molecular formula is C15H19ClN2S. The summed E-state index contributed by atoms with van der Waals surface area (Å²) in [5.41, 5.74) is 7.86. The summed E-state index contributed by atoms with van der Waals surface area (Å²) in [6, 6.07) is 10.4. The number of rotatable bonds is 6. The molecule has 0 aliphatic heterocycles. The zero-order chi connectivity index (χ0) is 13.7. The quantitative estimate of drug-likeness (QED) is 0.876. The number of thiophene rings is 1. The Morgan fingerprint density at radius 3 is 2.68 bits per heavy atom. The third-order valence-corrected chi connectivity index (χ3v) is 4.37. The lowest BCUT2D eigenvalue weighted by Gasteiger charge is -2.20. The first kappa shape index (κ1) is 14.5. The fraction of sp³-hybridized carbons (Fsp3) is 0.333. The first-order valence-corrected chi connectivity index (χ1v) is 7.70. The maximum Gasteiger partial charge on any atom is 0.0454 e. The molecule has 19 heavy (non-hydrogen) atoms. The zero-order valence-corrected chi connectivity index (χ0v) is 12.7. The van der Waals surface area contributed by atoms with Crippen LogP contribution in [0.1, 0.15) is 22.9 Å². The number of hydrogen-bond acceptors (Lipinski definition) is 3. The highest BCUT2D eigenvalue weighted by atomic mass is 35.5. The molecule has 0 saturated heterocycles. The van der Waals surface area contributed by atoms with Gasteiger partial charge in [-0.2, -0.15) is 0 Å². The lowest BCUT2D eigenvalue weighted by Crippen LogP contribution is -2.22. The Labute approximate surface area is 123 Å². The molecule has 0 aliphatic rings. The molecule has 0 saturated carbocycles. The van der Waals surface area contributed by atoms with Crippen molar-refractivity contribution < 1.29 is 0 Å². The molecule has 0 radical (unpaired) electrons. The third-order valence-electron chi connectivity index (χ3n) is 3.15. The van der Waals surface area contributed by atoms with Gasteiger partial charge in [0, 0.05) is 29.5 Å². The Kier molecular flexibility index (Phi) is 5.40. The van der Waals surface area contributed by atoms with Crippen molar-refractivity contribution in [1.29, 1.82) is 0 Å². The first-order valence-electron chi connectivity index (χ1n) is 6.45. The van der Waals surface area contributed by atoms with Crippen LogP contribution in [0.5, 0.6) is 0 Å². The van der Waals surface area contributed by atoms with Crippen molar-refractivity contribution >= 4 is 22.9 Å². The van der Waals surface area contributed by atoms with Crippen LogP contribution in [0.25, 0.3) is 0 Å². The van der Waals surface area contributed by atoms with Gasteiger partial charge in [-0.1, -0.05) is 36.7 Å². The van der Waals surface area contributed by atoms with Crippen LogP contribution in [0.15, 0.2) is 35.7 Å². The Balaban J connectivity index is 2.05. The van der Waals surface area contributed by atoms with E-state index >= 15 is 0 Å². The molecule has 102 valence electrons. The molecule has 2 N–H and O–H groups in total. The van der Waals surface area contributed by atoms with Crippen molar-refractivity contribution in [3.63, 3.8) is 0 Å². The lowest BCUT2D eigenvalue weighted by atomic mass is 10.1. The molecule has 0 bridgehead atoms. The molecule has 0 unspecified atom stereocenters. The Bertz CT molecular complexity index is 511. The van der Waals surface area contributed by atoms with Gasteiger partial charge in [0.1, 0.15) is 0 Å². The number of nitrogens with two attached hydrogens (primary N) is 1. The van der Waals surface area contributed by atoms with E-state index in [2.05, 4.69) is 41.5 Å². The van der Waals surface area contributed by atoms with Gasteiger partial charge in [0.2, 0.25) is 0 Å². The van der Waals surface area contributed by atoms with Gasteiger partial charge < -0.3 is 5.73 Å². The van der Waals surface area contributed by atoms with Gasteiger partial charge in [0.05, 0.1) is 0 Å². The number of benzene rings is 1. The molecule has 2 rings (SSSR count). The molecule has 0 fully saturated rings. The average molecular weight is 295 g/mol. The molecule has 1 aromatic carbocycles. The van der Waals surface area contributed by atoms with E-state index in [4.69, 9.17) is 17.3 Å². The average Bonchev–Trinajstić information content (AvgIpc) is 2.92. The molecular weight excluding hydrogens is 276 g/mol. The van der Waals surface area contributed by atoms with Gasteiger partial charge in [-0.25, -0.2) is 0 Å². The minimum absolute atomic E-state index is 0.534. The number of hydrogen-bond donors (Lipinski definition) is 1. The molecule has 0 aliphatic carbocycles. The van der Waals surface area contributed by atoms with Crippen LogP contribution in [-0.4, -0.2) is 11.4 Å². The van der Waals surface area contributed by atoms with Gasteiger partial charge in [0.15, 0.2) is 0 Å². The second-order valence-electron chi connectivity index (χ2n) is 4.51. The van der Waals surface area contributed by atoms with Gasteiger partial charge in [-0.15, -0.1) is 11.3 Å². The summed E-state index contributed by atoms with van der Waals surface area (Å²) in [5.74, 6) is 0. The van der Waals surface area contributed by atoms with Crippen molar-refractivity contribution in [3.05, 3.63) is 56.7 Å². The second kappa shape index (κ2) is 7.06. The zero-order valence-electron chi connectivity index (χ0n) is 11.1. The summed E-state index contributed by atoms with van der Waals surface area (Å²) in [4.78, 5) is 3.77.